The van der Waals surface area contributed by atoms with Gasteiger partial charge >= 0.3 is 7.12 Å². The van der Waals surface area contributed by atoms with E-state index < -0.39 is 7.12 Å². The first-order valence-electron chi connectivity index (χ1n) is 6.13. The van der Waals surface area contributed by atoms with Gasteiger partial charge in [0.2, 0.25) is 0 Å². The molecular formula is C14H11BBrNO3. The molecule has 3 rings (SSSR count). The summed E-state index contributed by atoms with van der Waals surface area (Å²) >= 11 is 3.33. The summed E-state index contributed by atoms with van der Waals surface area (Å²) in [7, 11) is -0.910. The molecule has 2 aromatic carbocycles. The number of carbonyl (C=O) groups is 1. The molecular weight excluding hydrogens is 321 g/mol. The Kier molecular flexibility index (Phi) is 3.61. The average Bonchev–Trinajstić information content (AvgIpc) is 2.80. The fourth-order valence-corrected chi connectivity index (χ4v) is 2.52. The minimum atomic E-state index is -0.910. The van der Waals surface area contributed by atoms with Crippen LogP contribution in [0.2, 0.25) is 0 Å². The quantitative estimate of drug-likeness (QED) is 0.827. The maximum absolute atomic E-state index is 12.1. The van der Waals surface area contributed by atoms with Crippen LogP contribution in [0.3, 0.4) is 0 Å². The Balaban J connectivity index is 1.82. The Morgan fingerprint density at radius 2 is 2.15 bits per heavy atom. The zero-order valence-corrected chi connectivity index (χ0v) is 12.1. The lowest BCUT2D eigenvalue weighted by Crippen LogP contribution is -2.28. The second-order valence-corrected chi connectivity index (χ2v) is 5.46. The molecule has 0 saturated heterocycles. The summed E-state index contributed by atoms with van der Waals surface area (Å²) < 4.78 is 5.97. The summed E-state index contributed by atoms with van der Waals surface area (Å²) in [6.45, 7) is 0.399. The van der Waals surface area contributed by atoms with Crippen LogP contribution in [0.4, 0.5) is 5.69 Å². The van der Waals surface area contributed by atoms with E-state index in [9.17, 15) is 9.82 Å². The van der Waals surface area contributed by atoms with Crippen molar-refractivity contribution >= 4 is 40.1 Å². The average molecular weight is 332 g/mol. The van der Waals surface area contributed by atoms with E-state index in [0.29, 0.717) is 23.3 Å². The summed E-state index contributed by atoms with van der Waals surface area (Å²) in [4.78, 5) is 12.1. The fourth-order valence-electron chi connectivity index (χ4n) is 2.13. The standard InChI is InChI=1S/C14H11BBrNO3/c16-11-3-1-2-9(6-11)14(18)17-12-5-4-10-8-20-15(19)13(10)7-12/h1-7,19H,8H2,(H,17,18). The molecule has 1 amide bonds. The van der Waals surface area contributed by atoms with Crippen LogP contribution in [-0.4, -0.2) is 18.0 Å². The van der Waals surface area contributed by atoms with Gasteiger partial charge in [0.05, 0.1) is 6.61 Å². The van der Waals surface area contributed by atoms with Crippen LogP contribution in [0.5, 0.6) is 0 Å². The molecule has 0 aliphatic carbocycles. The molecule has 6 heteroatoms. The lowest BCUT2D eigenvalue weighted by Gasteiger charge is -2.07. The summed E-state index contributed by atoms with van der Waals surface area (Å²) in [6.07, 6.45) is 0. The molecule has 0 fully saturated rings. The number of hydrogen-bond donors (Lipinski definition) is 2. The minimum Gasteiger partial charge on any atom is -0.423 e. The van der Waals surface area contributed by atoms with Crippen LogP contribution >= 0.6 is 15.9 Å². The Bertz CT molecular complexity index is 677. The number of amides is 1. The third-order valence-corrected chi connectivity index (χ3v) is 3.65. The first-order valence-corrected chi connectivity index (χ1v) is 6.92. The van der Waals surface area contributed by atoms with Gasteiger partial charge < -0.3 is 15.0 Å². The molecule has 0 aromatic heterocycles. The molecule has 2 N–H and O–H groups in total. The van der Waals surface area contributed by atoms with Crippen molar-refractivity contribution in [3.8, 4) is 0 Å². The van der Waals surface area contributed by atoms with Gasteiger partial charge in [0.15, 0.2) is 0 Å². The van der Waals surface area contributed by atoms with Crippen molar-refractivity contribution in [3.63, 3.8) is 0 Å². The number of benzene rings is 2. The van der Waals surface area contributed by atoms with Crippen LogP contribution < -0.4 is 10.8 Å². The van der Waals surface area contributed by atoms with Gasteiger partial charge in [0.25, 0.3) is 5.91 Å². The fraction of sp³-hybridized carbons (Fsp3) is 0.0714. The van der Waals surface area contributed by atoms with Gasteiger partial charge in [0, 0.05) is 15.7 Å². The smallest absolute Gasteiger partial charge is 0.423 e. The number of anilines is 1. The first-order chi connectivity index (χ1) is 9.63. The van der Waals surface area contributed by atoms with Gasteiger partial charge in [-0.05, 0) is 41.4 Å². The lowest BCUT2D eigenvalue weighted by atomic mass is 9.79. The van der Waals surface area contributed by atoms with E-state index in [1.54, 1.807) is 30.3 Å². The Morgan fingerprint density at radius 3 is 2.95 bits per heavy atom. The molecule has 0 saturated carbocycles. The maximum atomic E-state index is 12.1. The predicted molar refractivity (Wildman–Crippen MR) is 80.9 cm³/mol. The van der Waals surface area contributed by atoms with Crippen LogP contribution in [0.1, 0.15) is 15.9 Å². The van der Waals surface area contributed by atoms with Crippen molar-refractivity contribution in [1.29, 1.82) is 0 Å². The van der Waals surface area contributed by atoms with E-state index >= 15 is 0 Å². The zero-order valence-electron chi connectivity index (χ0n) is 10.5. The molecule has 100 valence electrons. The van der Waals surface area contributed by atoms with Crippen molar-refractivity contribution < 1.29 is 14.5 Å². The highest BCUT2D eigenvalue weighted by atomic mass is 79.9. The first kappa shape index (κ1) is 13.4. The van der Waals surface area contributed by atoms with Gasteiger partial charge in [-0.2, -0.15) is 0 Å². The highest BCUT2D eigenvalue weighted by molar-refractivity contribution is 9.10. The van der Waals surface area contributed by atoms with E-state index in [1.807, 2.05) is 12.1 Å². The lowest BCUT2D eigenvalue weighted by molar-refractivity contribution is 0.102. The topological polar surface area (TPSA) is 58.6 Å². The third kappa shape index (κ3) is 2.63. The number of rotatable bonds is 2. The number of carbonyl (C=O) groups excluding carboxylic acids is 1. The van der Waals surface area contributed by atoms with Crippen molar-refractivity contribution in [2.45, 2.75) is 6.61 Å². The van der Waals surface area contributed by atoms with E-state index in [1.165, 1.54) is 0 Å². The van der Waals surface area contributed by atoms with Crippen molar-refractivity contribution in [1.82, 2.24) is 0 Å². The summed E-state index contributed by atoms with van der Waals surface area (Å²) in [5.41, 5.74) is 2.85. The molecule has 1 aliphatic heterocycles. The Morgan fingerprint density at radius 1 is 1.30 bits per heavy atom. The molecule has 1 aliphatic rings. The van der Waals surface area contributed by atoms with Gasteiger partial charge in [-0.15, -0.1) is 0 Å². The van der Waals surface area contributed by atoms with Crippen molar-refractivity contribution in [2.75, 3.05) is 5.32 Å². The number of nitrogens with one attached hydrogen (secondary N) is 1. The largest absolute Gasteiger partial charge is 0.491 e. The Hall–Kier alpha value is -1.63. The van der Waals surface area contributed by atoms with Crippen LogP contribution in [0.15, 0.2) is 46.9 Å². The SMILES string of the molecule is O=C(Nc1ccc2c(c1)B(O)OC2)c1cccc(Br)c1. The second kappa shape index (κ2) is 5.40. The second-order valence-electron chi connectivity index (χ2n) is 4.54. The third-order valence-electron chi connectivity index (χ3n) is 3.15. The zero-order chi connectivity index (χ0) is 14.1. The monoisotopic (exact) mass is 331 g/mol. The highest BCUT2D eigenvalue weighted by Crippen LogP contribution is 2.17. The molecule has 4 nitrogen and oxygen atoms in total. The molecule has 1 heterocycles. The molecule has 2 aromatic rings. The van der Waals surface area contributed by atoms with E-state index in [2.05, 4.69) is 21.2 Å². The van der Waals surface area contributed by atoms with Gasteiger partial charge in [-0.25, -0.2) is 0 Å². The van der Waals surface area contributed by atoms with Crippen LogP contribution in [-0.2, 0) is 11.3 Å². The number of fused-ring (bicyclic) bond motifs is 1. The Labute approximate surface area is 125 Å². The minimum absolute atomic E-state index is 0.195. The van der Waals surface area contributed by atoms with Crippen LogP contribution in [0, 0.1) is 0 Å². The molecule has 0 bridgehead atoms. The molecule has 20 heavy (non-hydrogen) atoms. The van der Waals surface area contributed by atoms with Gasteiger partial charge in [-0.3, -0.25) is 4.79 Å². The van der Waals surface area contributed by atoms with Crippen molar-refractivity contribution in [2.24, 2.45) is 0 Å². The molecule has 0 atom stereocenters. The summed E-state index contributed by atoms with van der Waals surface area (Å²) in [5.74, 6) is -0.195. The van der Waals surface area contributed by atoms with E-state index in [-0.39, 0.29) is 5.91 Å². The van der Waals surface area contributed by atoms with Gasteiger partial charge in [-0.1, -0.05) is 28.1 Å². The maximum Gasteiger partial charge on any atom is 0.491 e. The van der Waals surface area contributed by atoms with E-state index in [4.69, 9.17) is 4.65 Å². The summed E-state index contributed by atoms with van der Waals surface area (Å²) in [5, 5.41) is 12.5. The van der Waals surface area contributed by atoms with E-state index in [0.717, 1.165) is 10.0 Å². The molecule has 0 spiro atoms. The molecule has 0 unspecified atom stereocenters. The normalized spacial score (nSPS) is 13.2. The predicted octanol–water partition coefficient (Wildman–Crippen LogP) is 1.92. The highest BCUT2D eigenvalue weighted by Gasteiger charge is 2.27. The molecule has 0 radical (unpaired) electrons. The number of halogens is 1. The number of hydrogen-bond acceptors (Lipinski definition) is 3. The van der Waals surface area contributed by atoms with Crippen LogP contribution in [0.25, 0.3) is 0 Å². The van der Waals surface area contributed by atoms with Gasteiger partial charge in [0.1, 0.15) is 0 Å². The summed E-state index contributed by atoms with van der Waals surface area (Å²) in [6, 6.07) is 12.5. The van der Waals surface area contributed by atoms with Crippen molar-refractivity contribution in [3.05, 3.63) is 58.1 Å².